The summed E-state index contributed by atoms with van der Waals surface area (Å²) in [6, 6.07) is 6.31. The average Bonchev–Trinajstić information content (AvgIpc) is 2.68. The quantitative estimate of drug-likeness (QED) is 0.821. The number of hydrogen-bond donors (Lipinski definition) is 1. The molecule has 0 bridgehead atoms. The molecule has 2 nitrogen and oxygen atoms in total. The van der Waals surface area contributed by atoms with Crippen LogP contribution in [0.2, 0.25) is 0 Å². The lowest BCUT2D eigenvalue weighted by molar-refractivity contribution is 0.259. The van der Waals surface area contributed by atoms with Crippen LogP contribution < -0.4 is 5.73 Å². The fourth-order valence-electron chi connectivity index (χ4n) is 2.54. The van der Waals surface area contributed by atoms with Gasteiger partial charge in [-0.05, 0) is 30.4 Å². The van der Waals surface area contributed by atoms with Gasteiger partial charge in [0.15, 0.2) is 0 Å². The van der Waals surface area contributed by atoms with E-state index in [9.17, 15) is 0 Å². The molecule has 1 aromatic heterocycles. The van der Waals surface area contributed by atoms with Crippen molar-refractivity contribution in [3.8, 4) is 0 Å². The first-order valence-corrected chi connectivity index (χ1v) is 5.86. The topological polar surface area (TPSA) is 38.9 Å². The van der Waals surface area contributed by atoms with Crippen LogP contribution in [-0.4, -0.2) is 11.0 Å². The van der Waals surface area contributed by atoms with Crippen molar-refractivity contribution in [2.75, 3.05) is 0 Å². The van der Waals surface area contributed by atoms with Gasteiger partial charge in [0.05, 0.1) is 0 Å². The fraction of sp³-hybridized carbons (Fsp3) is 0.615. The molecule has 0 aromatic carbocycles. The Balaban J connectivity index is 2.00. The molecule has 2 N–H and O–H groups in total. The van der Waals surface area contributed by atoms with Crippen LogP contribution in [0.25, 0.3) is 0 Å². The van der Waals surface area contributed by atoms with Gasteiger partial charge < -0.3 is 5.73 Å². The van der Waals surface area contributed by atoms with Gasteiger partial charge in [-0.1, -0.05) is 25.8 Å². The second-order valence-electron chi connectivity index (χ2n) is 4.99. The lowest BCUT2D eigenvalue weighted by Crippen LogP contribution is -2.39. The Kier molecular flexibility index (Phi) is 3.06. The van der Waals surface area contributed by atoms with E-state index in [1.807, 2.05) is 18.3 Å². The van der Waals surface area contributed by atoms with E-state index in [0.29, 0.717) is 5.41 Å². The highest BCUT2D eigenvalue weighted by molar-refractivity contribution is 5.07. The summed E-state index contributed by atoms with van der Waals surface area (Å²) in [7, 11) is 0. The van der Waals surface area contributed by atoms with Gasteiger partial charge in [0.25, 0.3) is 0 Å². The Hall–Kier alpha value is -0.890. The summed E-state index contributed by atoms with van der Waals surface area (Å²) in [5.41, 5.74) is 7.77. The molecular weight excluding hydrogens is 184 g/mol. The lowest BCUT2D eigenvalue weighted by Gasteiger charge is -2.30. The maximum absolute atomic E-state index is 6.31. The lowest BCUT2D eigenvalue weighted by atomic mass is 9.79. The van der Waals surface area contributed by atoms with Gasteiger partial charge in [-0.3, -0.25) is 4.98 Å². The van der Waals surface area contributed by atoms with Crippen molar-refractivity contribution >= 4 is 0 Å². The highest BCUT2D eigenvalue weighted by Crippen LogP contribution is 2.40. The van der Waals surface area contributed by atoms with E-state index >= 15 is 0 Å². The summed E-state index contributed by atoms with van der Waals surface area (Å²) in [5.74, 6) is 0. The Morgan fingerprint density at radius 2 is 2.13 bits per heavy atom. The van der Waals surface area contributed by atoms with Crippen molar-refractivity contribution in [1.82, 2.24) is 4.98 Å². The highest BCUT2D eigenvalue weighted by atomic mass is 14.7. The van der Waals surface area contributed by atoms with Crippen LogP contribution in [0.4, 0.5) is 0 Å². The summed E-state index contributed by atoms with van der Waals surface area (Å²) in [6.07, 6.45) is 8.00. The highest BCUT2D eigenvalue weighted by Gasteiger charge is 2.34. The summed E-state index contributed by atoms with van der Waals surface area (Å²) in [6.45, 7) is 2.33. The zero-order valence-corrected chi connectivity index (χ0v) is 9.45. The van der Waals surface area contributed by atoms with E-state index in [4.69, 9.17) is 5.73 Å². The number of aromatic nitrogens is 1. The van der Waals surface area contributed by atoms with E-state index in [-0.39, 0.29) is 6.04 Å². The molecule has 0 saturated heterocycles. The Morgan fingerprint density at radius 1 is 1.40 bits per heavy atom. The van der Waals surface area contributed by atoms with Crippen molar-refractivity contribution in [2.45, 2.75) is 45.1 Å². The van der Waals surface area contributed by atoms with Crippen LogP contribution in [0, 0.1) is 5.41 Å². The van der Waals surface area contributed by atoms with E-state index in [1.165, 1.54) is 25.7 Å². The second-order valence-corrected chi connectivity index (χ2v) is 4.99. The van der Waals surface area contributed by atoms with Gasteiger partial charge >= 0.3 is 0 Å². The summed E-state index contributed by atoms with van der Waals surface area (Å²) in [5, 5.41) is 0. The zero-order valence-electron chi connectivity index (χ0n) is 9.45. The minimum absolute atomic E-state index is 0.259. The van der Waals surface area contributed by atoms with Crippen LogP contribution >= 0.6 is 0 Å². The SMILES string of the molecule is CC1(C(N)Cc2ccccn2)CCCC1. The average molecular weight is 204 g/mol. The molecule has 2 rings (SSSR count). The van der Waals surface area contributed by atoms with Crippen molar-refractivity contribution in [2.24, 2.45) is 11.1 Å². The van der Waals surface area contributed by atoms with Crippen molar-refractivity contribution in [1.29, 1.82) is 0 Å². The fourth-order valence-corrected chi connectivity index (χ4v) is 2.54. The molecule has 15 heavy (non-hydrogen) atoms. The number of rotatable bonds is 3. The summed E-state index contributed by atoms with van der Waals surface area (Å²) < 4.78 is 0. The van der Waals surface area contributed by atoms with Crippen molar-refractivity contribution in [3.05, 3.63) is 30.1 Å². The molecule has 1 fully saturated rings. The van der Waals surface area contributed by atoms with Crippen molar-refractivity contribution < 1.29 is 0 Å². The zero-order chi connectivity index (χ0) is 10.7. The minimum atomic E-state index is 0.259. The molecule has 0 amide bonds. The molecule has 1 atom stereocenters. The molecule has 2 heteroatoms. The van der Waals surface area contributed by atoms with Crippen LogP contribution in [0.3, 0.4) is 0 Å². The van der Waals surface area contributed by atoms with Crippen LogP contribution in [-0.2, 0) is 6.42 Å². The van der Waals surface area contributed by atoms with Gasteiger partial charge in [0.2, 0.25) is 0 Å². The van der Waals surface area contributed by atoms with Gasteiger partial charge in [-0.15, -0.1) is 0 Å². The molecule has 1 aliphatic rings. The first-order valence-electron chi connectivity index (χ1n) is 5.86. The van der Waals surface area contributed by atoms with Gasteiger partial charge in [0.1, 0.15) is 0 Å². The van der Waals surface area contributed by atoms with Crippen LogP contribution in [0.5, 0.6) is 0 Å². The van der Waals surface area contributed by atoms with Gasteiger partial charge in [0, 0.05) is 24.4 Å². The first kappa shape index (κ1) is 10.6. The van der Waals surface area contributed by atoms with Gasteiger partial charge in [-0.2, -0.15) is 0 Å². The molecule has 0 spiro atoms. The maximum atomic E-state index is 6.31. The number of hydrogen-bond acceptors (Lipinski definition) is 2. The van der Waals surface area contributed by atoms with E-state index in [0.717, 1.165) is 12.1 Å². The smallest absolute Gasteiger partial charge is 0.0419 e. The molecule has 0 aliphatic heterocycles. The monoisotopic (exact) mass is 204 g/mol. The van der Waals surface area contributed by atoms with Crippen molar-refractivity contribution in [3.63, 3.8) is 0 Å². The van der Waals surface area contributed by atoms with E-state index < -0.39 is 0 Å². The minimum Gasteiger partial charge on any atom is -0.327 e. The third-order valence-electron chi connectivity index (χ3n) is 3.80. The molecule has 1 aliphatic carbocycles. The second kappa shape index (κ2) is 4.31. The number of pyridine rings is 1. The molecular formula is C13H20N2. The number of nitrogens with zero attached hydrogens (tertiary/aromatic N) is 1. The van der Waals surface area contributed by atoms with E-state index in [2.05, 4.69) is 18.0 Å². The van der Waals surface area contributed by atoms with E-state index in [1.54, 1.807) is 0 Å². The third-order valence-corrected chi connectivity index (χ3v) is 3.80. The Morgan fingerprint density at radius 3 is 2.73 bits per heavy atom. The first-order chi connectivity index (χ1) is 7.21. The maximum Gasteiger partial charge on any atom is 0.0419 e. The Bertz CT molecular complexity index is 302. The molecule has 1 unspecified atom stereocenters. The Labute approximate surface area is 91.9 Å². The number of nitrogens with two attached hydrogens (primary N) is 1. The largest absolute Gasteiger partial charge is 0.327 e. The standard InChI is InChI=1S/C13H20N2/c1-13(7-3-4-8-13)12(14)10-11-6-2-5-9-15-11/h2,5-6,9,12H,3-4,7-8,10,14H2,1H3. The predicted octanol–water partition coefficient (Wildman–Crippen LogP) is 2.53. The molecule has 1 heterocycles. The molecule has 82 valence electrons. The van der Waals surface area contributed by atoms with Gasteiger partial charge in [-0.25, -0.2) is 0 Å². The summed E-state index contributed by atoms with van der Waals surface area (Å²) >= 11 is 0. The molecule has 0 radical (unpaired) electrons. The third kappa shape index (κ3) is 2.37. The normalized spacial score (nSPS) is 21.5. The van der Waals surface area contributed by atoms with Crippen LogP contribution in [0.15, 0.2) is 24.4 Å². The van der Waals surface area contributed by atoms with Crippen LogP contribution in [0.1, 0.15) is 38.3 Å². The predicted molar refractivity (Wildman–Crippen MR) is 62.5 cm³/mol. The molecule has 1 saturated carbocycles. The molecule has 1 aromatic rings. The summed E-state index contributed by atoms with van der Waals surface area (Å²) in [4.78, 5) is 4.34.